The van der Waals surface area contributed by atoms with E-state index in [-0.39, 0.29) is 32.8 Å². The number of nitrogens with zero attached hydrogens (tertiary/aromatic N) is 1. The number of aromatic nitrogens is 1. The number of carbonyl (C=O) groups is 1. The quantitative estimate of drug-likeness (QED) is 0.683. The van der Waals surface area contributed by atoms with Gasteiger partial charge in [0.2, 0.25) is 5.91 Å². The van der Waals surface area contributed by atoms with Crippen LogP contribution in [-0.4, -0.2) is 24.0 Å². The van der Waals surface area contributed by atoms with Crippen LogP contribution in [0, 0.1) is 29.9 Å². The minimum atomic E-state index is -0.805. The van der Waals surface area contributed by atoms with Gasteiger partial charge in [-0.1, -0.05) is 0 Å². The highest BCUT2D eigenvalue weighted by molar-refractivity contribution is 5.80. The maximum absolute atomic E-state index is 14.1. The van der Waals surface area contributed by atoms with Crippen LogP contribution < -0.4 is 31.5 Å². The van der Waals surface area contributed by atoms with Gasteiger partial charge in [0, 0.05) is 37.7 Å². The molecular weight excluding hydrogens is 382 g/mol. The zero-order valence-electron chi connectivity index (χ0n) is 15.4. The Morgan fingerprint density at radius 2 is 2.24 bits per heavy atom. The molecule has 0 saturated heterocycles. The summed E-state index contributed by atoms with van der Waals surface area (Å²) in [6, 6.07) is 3.06. The number of nitriles is 1. The maximum Gasteiger partial charge on any atom is 0.252 e. The number of ether oxygens (including phenoxy) is 1. The highest BCUT2D eigenvalue weighted by Crippen LogP contribution is 2.35. The van der Waals surface area contributed by atoms with Crippen molar-refractivity contribution in [3.63, 3.8) is 0 Å². The first-order chi connectivity index (χ1) is 13.9. The Bertz CT molecular complexity index is 1270. The zero-order chi connectivity index (χ0) is 20.7. The van der Waals surface area contributed by atoms with E-state index in [9.17, 15) is 23.6 Å². The van der Waals surface area contributed by atoms with Crippen molar-refractivity contribution in [1.82, 2.24) is 15.6 Å². The van der Waals surface area contributed by atoms with E-state index in [2.05, 4.69) is 21.7 Å². The maximum atomic E-state index is 14.1. The Balaban J connectivity index is 0.00000171. The molecule has 3 heterocycles. The molecular formula is C20H20F2N4O3. The summed E-state index contributed by atoms with van der Waals surface area (Å²) in [5.41, 5.74) is 0.707. The van der Waals surface area contributed by atoms with E-state index >= 15 is 0 Å². The smallest absolute Gasteiger partial charge is 0.252 e. The third kappa shape index (κ3) is 3.23. The molecule has 0 bridgehead atoms. The van der Waals surface area contributed by atoms with E-state index in [4.69, 9.17) is 4.74 Å². The molecule has 1 amide bonds. The number of nitrogens with one attached hydrogen (secondary N) is 3. The summed E-state index contributed by atoms with van der Waals surface area (Å²) in [5, 5.41) is 16.0. The molecule has 29 heavy (non-hydrogen) atoms. The Hall–Kier alpha value is -3.67. The van der Waals surface area contributed by atoms with Crippen molar-refractivity contribution in [3.05, 3.63) is 61.4 Å². The van der Waals surface area contributed by atoms with Crippen molar-refractivity contribution in [3.8, 4) is 11.8 Å². The number of hydrogen-bond donors (Lipinski definition) is 3. The van der Waals surface area contributed by atoms with Crippen LogP contribution in [0.1, 0.15) is 25.6 Å². The molecule has 1 aromatic carbocycles. The van der Waals surface area contributed by atoms with Gasteiger partial charge in [-0.3, -0.25) is 9.59 Å². The number of aromatic amines is 1. The molecule has 0 saturated carbocycles. The Kier molecular flexibility index (Phi) is 4.54. The highest BCUT2D eigenvalue weighted by Gasteiger charge is 2.30. The van der Waals surface area contributed by atoms with Gasteiger partial charge in [0.1, 0.15) is 35.8 Å². The third-order valence-electron chi connectivity index (χ3n) is 5.05. The first-order valence-corrected chi connectivity index (χ1v) is 8.90. The predicted molar refractivity (Wildman–Crippen MR) is 103 cm³/mol. The van der Waals surface area contributed by atoms with E-state index in [0.717, 1.165) is 12.1 Å². The Labute approximate surface area is 166 Å². The van der Waals surface area contributed by atoms with Crippen LogP contribution in [0.25, 0.3) is 11.8 Å². The molecule has 1 atom stereocenters. The summed E-state index contributed by atoms with van der Waals surface area (Å²) in [4.78, 5) is 27.7. The van der Waals surface area contributed by atoms with E-state index in [1.807, 2.05) is 0 Å². The molecule has 0 fully saturated rings. The van der Waals surface area contributed by atoms with Crippen LogP contribution >= 0.6 is 0 Å². The second-order valence-corrected chi connectivity index (χ2v) is 6.83. The van der Waals surface area contributed by atoms with E-state index in [1.54, 1.807) is 13.0 Å². The number of benzene rings is 1. The van der Waals surface area contributed by atoms with Gasteiger partial charge in [0.15, 0.2) is 0 Å². The molecule has 0 unspecified atom stereocenters. The average molecular weight is 402 g/mol. The third-order valence-corrected chi connectivity index (χ3v) is 5.05. The summed E-state index contributed by atoms with van der Waals surface area (Å²) < 4.78 is 32.7. The molecule has 152 valence electrons. The summed E-state index contributed by atoms with van der Waals surface area (Å²) in [6.45, 7) is 2.05. The minimum Gasteiger partial charge on any atom is -0.490 e. The van der Waals surface area contributed by atoms with E-state index in [0.29, 0.717) is 28.4 Å². The van der Waals surface area contributed by atoms with Crippen molar-refractivity contribution in [2.45, 2.75) is 19.4 Å². The number of H-pyrrole nitrogens is 1. The van der Waals surface area contributed by atoms with Crippen molar-refractivity contribution in [2.24, 2.45) is 0 Å². The lowest BCUT2D eigenvalue weighted by Crippen LogP contribution is -2.46. The monoisotopic (exact) mass is 402 g/mol. The van der Waals surface area contributed by atoms with E-state index in [1.165, 1.54) is 0 Å². The van der Waals surface area contributed by atoms with Crippen LogP contribution in [0.5, 0.6) is 5.75 Å². The van der Waals surface area contributed by atoms with Gasteiger partial charge < -0.3 is 20.4 Å². The number of amides is 1. The van der Waals surface area contributed by atoms with Crippen molar-refractivity contribution in [1.29, 1.82) is 5.26 Å². The van der Waals surface area contributed by atoms with Gasteiger partial charge in [0.05, 0.1) is 18.0 Å². The molecule has 3 N–H and O–H groups in total. The first kappa shape index (κ1) is 18.7. The lowest BCUT2D eigenvalue weighted by Gasteiger charge is -2.14. The molecule has 7 nitrogen and oxygen atoms in total. The fraction of sp³-hybridized carbons (Fsp3) is 0.250. The van der Waals surface area contributed by atoms with Crippen LogP contribution in [0.3, 0.4) is 0 Å². The zero-order valence-corrected chi connectivity index (χ0v) is 15.4. The van der Waals surface area contributed by atoms with Gasteiger partial charge >= 0.3 is 0 Å². The molecule has 1 aromatic heterocycles. The van der Waals surface area contributed by atoms with Crippen molar-refractivity contribution >= 4 is 17.7 Å². The normalized spacial score (nSPS) is 16.6. The van der Waals surface area contributed by atoms with Gasteiger partial charge in [-0.25, -0.2) is 8.78 Å². The molecule has 2 aliphatic rings. The molecule has 4 rings (SSSR count). The summed E-state index contributed by atoms with van der Waals surface area (Å²) in [6.07, 6.45) is 1.49. The number of fused-ring (bicyclic) bond motifs is 2. The Morgan fingerprint density at radius 1 is 1.45 bits per heavy atom. The SMILES string of the molecule is Cc1c(CC(=O)N[C@H]2COc3cc(F)cc(F)c32)c(=O)[nH]c2c1=C(C#N)NCC=2.[HH].[HH]. The molecule has 0 spiro atoms. The fourth-order valence-corrected chi connectivity index (χ4v) is 3.71. The summed E-state index contributed by atoms with van der Waals surface area (Å²) in [5.74, 6) is -2.04. The predicted octanol–water partition coefficient (Wildman–Crippen LogP) is 0.261. The number of halogens is 2. The van der Waals surface area contributed by atoms with Gasteiger partial charge in [-0.15, -0.1) is 0 Å². The van der Waals surface area contributed by atoms with E-state index < -0.39 is 29.1 Å². The van der Waals surface area contributed by atoms with Crippen LogP contribution in [-0.2, 0) is 11.2 Å². The largest absolute Gasteiger partial charge is 0.490 e. The number of pyridine rings is 1. The fourth-order valence-electron chi connectivity index (χ4n) is 3.71. The van der Waals surface area contributed by atoms with Gasteiger partial charge in [-0.05, 0) is 18.6 Å². The standard InChI is InChI=1S/C20H16F2N4O3.2H2/c1-9-11(20(28)26-13-2-3-24-14(7-23)18(9)13)6-17(27)25-15-8-29-16-5-10(21)4-12(22)19(15)16;;/h2,4-5,15,24H,3,6,8H2,1H3,(H,25,27)(H,26,28);2*1H/t15-;;/m0../s1. The van der Waals surface area contributed by atoms with Crippen molar-refractivity contribution < 1.29 is 21.2 Å². The van der Waals surface area contributed by atoms with Crippen molar-refractivity contribution in [2.75, 3.05) is 13.2 Å². The van der Waals surface area contributed by atoms with Gasteiger partial charge in [0.25, 0.3) is 5.56 Å². The van der Waals surface area contributed by atoms with Crippen LogP contribution in [0.2, 0.25) is 0 Å². The second kappa shape index (κ2) is 7.05. The molecule has 2 aromatic rings. The number of hydrogen-bond acceptors (Lipinski definition) is 5. The minimum absolute atomic E-state index is 0. The molecule has 0 radical (unpaired) electrons. The lowest BCUT2D eigenvalue weighted by molar-refractivity contribution is -0.121. The lowest BCUT2D eigenvalue weighted by atomic mass is 10.0. The topological polar surface area (TPSA) is 107 Å². The summed E-state index contributed by atoms with van der Waals surface area (Å²) >= 11 is 0. The average Bonchev–Trinajstić information content (AvgIpc) is 3.07. The van der Waals surface area contributed by atoms with Crippen LogP contribution in [0.4, 0.5) is 8.78 Å². The molecule has 0 aliphatic carbocycles. The highest BCUT2D eigenvalue weighted by atomic mass is 19.1. The number of rotatable bonds is 3. The number of carbonyl (C=O) groups excluding carboxylic acids is 1. The Morgan fingerprint density at radius 3 is 3.00 bits per heavy atom. The molecule has 9 heteroatoms. The first-order valence-electron chi connectivity index (χ1n) is 8.90. The second-order valence-electron chi connectivity index (χ2n) is 6.83. The molecule has 2 aliphatic heterocycles. The van der Waals surface area contributed by atoms with Gasteiger partial charge in [-0.2, -0.15) is 5.26 Å². The summed E-state index contributed by atoms with van der Waals surface area (Å²) in [7, 11) is 0. The van der Waals surface area contributed by atoms with Crippen LogP contribution in [0.15, 0.2) is 16.9 Å².